The summed E-state index contributed by atoms with van der Waals surface area (Å²) in [6, 6.07) is 3.46. The first-order valence-corrected chi connectivity index (χ1v) is 9.99. The number of aromatic nitrogens is 3. The molecule has 1 saturated heterocycles. The number of ether oxygens (including phenoxy) is 2. The van der Waals surface area contributed by atoms with Crippen molar-refractivity contribution in [3.05, 3.63) is 18.3 Å². The summed E-state index contributed by atoms with van der Waals surface area (Å²) in [5.74, 6) is 1.14. The van der Waals surface area contributed by atoms with Crippen molar-refractivity contribution in [1.29, 1.82) is 0 Å². The Morgan fingerprint density at radius 2 is 1.77 bits per heavy atom. The summed E-state index contributed by atoms with van der Waals surface area (Å²) < 4.78 is 12.2. The number of carbonyl (C=O) groups is 2. The Hall–Kier alpha value is -3.04. The van der Waals surface area contributed by atoms with E-state index in [-0.39, 0.29) is 6.04 Å². The fourth-order valence-corrected chi connectivity index (χ4v) is 3.12. The molecule has 0 aromatic carbocycles. The van der Waals surface area contributed by atoms with Gasteiger partial charge in [-0.25, -0.2) is 14.6 Å². The lowest BCUT2D eigenvalue weighted by atomic mass is 10.2. The van der Waals surface area contributed by atoms with Crippen LogP contribution < -0.4 is 15.5 Å². The van der Waals surface area contributed by atoms with Crippen molar-refractivity contribution < 1.29 is 19.1 Å². The van der Waals surface area contributed by atoms with Crippen molar-refractivity contribution in [2.75, 3.05) is 23.3 Å². The Morgan fingerprint density at radius 1 is 1.10 bits per heavy atom. The third-order valence-corrected chi connectivity index (χ3v) is 4.21. The summed E-state index contributed by atoms with van der Waals surface area (Å²) in [6.45, 7) is 12.2. The Morgan fingerprint density at radius 3 is 2.43 bits per heavy atom. The molecule has 3 heterocycles. The van der Waals surface area contributed by atoms with Gasteiger partial charge in [-0.05, 0) is 48.0 Å². The van der Waals surface area contributed by atoms with Gasteiger partial charge in [0.2, 0.25) is 0 Å². The molecule has 2 amide bonds. The summed E-state index contributed by atoms with van der Waals surface area (Å²) in [5.41, 5.74) is -0.556. The second-order valence-corrected chi connectivity index (χ2v) is 9.31. The van der Waals surface area contributed by atoms with Gasteiger partial charge in [0.05, 0.1) is 12.2 Å². The van der Waals surface area contributed by atoms with Crippen LogP contribution in [0.15, 0.2) is 18.3 Å². The first-order valence-electron chi connectivity index (χ1n) is 9.99. The van der Waals surface area contributed by atoms with Crippen molar-refractivity contribution >= 4 is 29.5 Å². The van der Waals surface area contributed by atoms with Gasteiger partial charge in [-0.3, -0.25) is 5.32 Å². The number of carbonyl (C=O) groups excluding carboxylic acids is 2. The molecule has 10 nitrogen and oxygen atoms in total. The smallest absolute Gasteiger partial charge is 0.413 e. The quantitative estimate of drug-likeness (QED) is 0.788. The topological polar surface area (TPSA) is 110 Å². The van der Waals surface area contributed by atoms with Crippen LogP contribution in [0, 0.1) is 0 Å². The number of hydrogen-bond donors (Lipinski definition) is 2. The lowest BCUT2D eigenvalue weighted by Crippen LogP contribution is -2.40. The van der Waals surface area contributed by atoms with Gasteiger partial charge in [-0.1, -0.05) is 0 Å². The molecule has 164 valence electrons. The number of alkyl carbamates (subject to hydrolysis) is 1. The van der Waals surface area contributed by atoms with Crippen LogP contribution in [-0.2, 0) is 9.47 Å². The predicted molar refractivity (Wildman–Crippen MR) is 113 cm³/mol. The van der Waals surface area contributed by atoms with E-state index in [0.29, 0.717) is 30.4 Å². The molecule has 1 aliphatic rings. The molecule has 1 aliphatic heterocycles. The summed E-state index contributed by atoms with van der Waals surface area (Å²) in [5, 5.41) is 9.86. The second-order valence-electron chi connectivity index (χ2n) is 9.31. The zero-order chi connectivity index (χ0) is 22.1. The number of rotatable bonds is 3. The van der Waals surface area contributed by atoms with Gasteiger partial charge in [0, 0.05) is 25.2 Å². The molecular weight excluding hydrogens is 388 g/mol. The Kier molecular flexibility index (Phi) is 5.78. The average molecular weight is 418 g/mol. The van der Waals surface area contributed by atoms with Crippen LogP contribution in [-0.4, -0.2) is 57.1 Å². The van der Waals surface area contributed by atoms with Gasteiger partial charge < -0.3 is 19.7 Å². The number of anilines is 2. The Bertz CT molecular complexity index is 928. The SMILES string of the molecule is CC(C)(C)OC(=O)Nc1cc(N2CC[C@H](NC(=O)OC(C)(C)C)C2)nc2ccnn12. The molecule has 30 heavy (non-hydrogen) atoms. The van der Waals surface area contributed by atoms with Crippen LogP contribution in [0.1, 0.15) is 48.0 Å². The second kappa shape index (κ2) is 8.00. The van der Waals surface area contributed by atoms with Gasteiger partial charge in [0.1, 0.15) is 22.8 Å². The van der Waals surface area contributed by atoms with Crippen molar-refractivity contribution in [2.24, 2.45) is 0 Å². The van der Waals surface area contributed by atoms with Gasteiger partial charge in [-0.2, -0.15) is 9.61 Å². The zero-order valence-corrected chi connectivity index (χ0v) is 18.4. The number of fused-ring (bicyclic) bond motifs is 1. The predicted octanol–water partition coefficient (Wildman–Crippen LogP) is 3.18. The largest absolute Gasteiger partial charge is 0.444 e. The number of amides is 2. The molecule has 0 bridgehead atoms. The van der Waals surface area contributed by atoms with Crippen LogP contribution in [0.5, 0.6) is 0 Å². The van der Waals surface area contributed by atoms with Crippen LogP contribution in [0.3, 0.4) is 0 Å². The molecule has 1 fully saturated rings. The maximum absolute atomic E-state index is 12.2. The highest BCUT2D eigenvalue weighted by Gasteiger charge is 2.28. The number of nitrogens with zero attached hydrogens (tertiary/aromatic N) is 4. The molecule has 0 saturated carbocycles. The minimum absolute atomic E-state index is 0.0509. The van der Waals surface area contributed by atoms with E-state index in [4.69, 9.17) is 9.47 Å². The molecular formula is C20H30N6O4. The summed E-state index contributed by atoms with van der Waals surface area (Å²) in [7, 11) is 0. The normalized spacial score (nSPS) is 17.1. The Labute approximate surface area is 175 Å². The average Bonchev–Trinajstić information content (AvgIpc) is 3.19. The van der Waals surface area contributed by atoms with E-state index in [1.54, 1.807) is 43.6 Å². The maximum atomic E-state index is 12.2. The lowest BCUT2D eigenvalue weighted by molar-refractivity contribution is 0.0508. The third kappa shape index (κ3) is 5.74. The monoisotopic (exact) mass is 418 g/mol. The van der Waals surface area contributed by atoms with Crippen LogP contribution in [0.25, 0.3) is 5.65 Å². The van der Waals surface area contributed by atoms with Gasteiger partial charge >= 0.3 is 12.2 Å². The van der Waals surface area contributed by atoms with Crippen molar-refractivity contribution in [2.45, 2.75) is 65.2 Å². The van der Waals surface area contributed by atoms with E-state index in [0.717, 1.165) is 6.42 Å². The third-order valence-electron chi connectivity index (χ3n) is 4.21. The molecule has 2 aromatic rings. The highest BCUT2D eigenvalue weighted by molar-refractivity contribution is 5.85. The molecule has 0 spiro atoms. The van der Waals surface area contributed by atoms with E-state index in [1.165, 1.54) is 0 Å². The number of hydrogen-bond acceptors (Lipinski definition) is 7. The first kappa shape index (κ1) is 21.7. The van der Waals surface area contributed by atoms with E-state index >= 15 is 0 Å². The molecule has 2 aromatic heterocycles. The maximum Gasteiger partial charge on any atom is 0.413 e. The first-order chi connectivity index (χ1) is 13.9. The summed E-state index contributed by atoms with van der Waals surface area (Å²) >= 11 is 0. The Balaban J connectivity index is 1.72. The summed E-state index contributed by atoms with van der Waals surface area (Å²) in [4.78, 5) is 31.0. The van der Waals surface area contributed by atoms with Gasteiger partial charge in [0.25, 0.3) is 0 Å². The van der Waals surface area contributed by atoms with Crippen molar-refractivity contribution in [3.8, 4) is 0 Å². The van der Waals surface area contributed by atoms with E-state index in [2.05, 4.69) is 25.6 Å². The van der Waals surface area contributed by atoms with Crippen LogP contribution in [0.4, 0.5) is 21.2 Å². The van der Waals surface area contributed by atoms with Crippen molar-refractivity contribution in [3.63, 3.8) is 0 Å². The minimum atomic E-state index is -0.612. The highest BCUT2D eigenvalue weighted by atomic mass is 16.6. The molecule has 0 aliphatic carbocycles. The fraction of sp³-hybridized carbons (Fsp3) is 0.600. The van der Waals surface area contributed by atoms with Gasteiger partial charge in [-0.15, -0.1) is 0 Å². The molecule has 2 N–H and O–H groups in total. The molecule has 0 radical (unpaired) electrons. The zero-order valence-electron chi connectivity index (χ0n) is 18.4. The van der Waals surface area contributed by atoms with E-state index in [9.17, 15) is 9.59 Å². The van der Waals surface area contributed by atoms with Gasteiger partial charge in [0.15, 0.2) is 5.65 Å². The van der Waals surface area contributed by atoms with Crippen molar-refractivity contribution in [1.82, 2.24) is 19.9 Å². The highest BCUT2D eigenvalue weighted by Crippen LogP contribution is 2.24. The summed E-state index contributed by atoms with van der Waals surface area (Å²) in [6.07, 6.45) is 1.38. The van der Waals surface area contributed by atoms with E-state index in [1.807, 2.05) is 20.8 Å². The lowest BCUT2D eigenvalue weighted by Gasteiger charge is -2.23. The molecule has 0 unspecified atom stereocenters. The standard InChI is InChI=1S/C20H30N6O4/c1-19(2,3)29-17(27)22-13-8-10-25(12-13)15-11-16(24-18(28)30-20(4,5)6)26-14(23-15)7-9-21-26/h7,9,11,13H,8,10,12H2,1-6H3,(H,22,27)(H,24,28)/t13-/m0/s1. The molecule has 3 rings (SSSR count). The fourth-order valence-electron chi connectivity index (χ4n) is 3.12. The molecule has 10 heteroatoms. The van der Waals surface area contributed by atoms with E-state index < -0.39 is 23.4 Å². The van der Waals surface area contributed by atoms with Crippen LogP contribution >= 0.6 is 0 Å². The number of nitrogens with one attached hydrogen (secondary N) is 2. The molecule has 1 atom stereocenters. The van der Waals surface area contributed by atoms with Crippen LogP contribution in [0.2, 0.25) is 0 Å². The minimum Gasteiger partial charge on any atom is -0.444 e.